The van der Waals surface area contributed by atoms with Gasteiger partial charge in [-0.2, -0.15) is 0 Å². The van der Waals surface area contributed by atoms with Crippen molar-refractivity contribution >= 4 is 17.7 Å². The zero-order valence-corrected chi connectivity index (χ0v) is 17.4. The van der Waals surface area contributed by atoms with Gasteiger partial charge < -0.3 is 9.64 Å². The highest BCUT2D eigenvalue weighted by Gasteiger charge is 2.40. The lowest BCUT2D eigenvalue weighted by Crippen LogP contribution is -2.53. The molecule has 0 bridgehead atoms. The van der Waals surface area contributed by atoms with Gasteiger partial charge in [-0.05, 0) is 44.4 Å². The van der Waals surface area contributed by atoms with Crippen LogP contribution in [-0.4, -0.2) is 41.8 Å². The van der Waals surface area contributed by atoms with Crippen molar-refractivity contribution < 1.29 is 19.1 Å². The van der Waals surface area contributed by atoms with Crippen molar-refractivity contribution in [3.05, 3.63) is 0 Å². The summed E-state index contributed by atoms with van der Waals surface area (Å²) < 4.78 is 5.50. The second kappa shape index (κ2) is 10.2. The summed E-state index contributed by atoms with van der Waals surface area (Å²) >= 11 is 0. The van der Waals surface area contributed by atoms with E-state index in [1.807, 2.05) is 6.92 Å². The zero-order chi connectivity index (χ0) is 19.9. The predicted octanol–water partition coefficient (Wildman–Crippen LogP) is 4.28. The molecule has 5 heteroatoms. The van der Waals surface area contributed by atoms with E-state index in [1.165, 1.54) is 37.0 Å². The molecule has 154 valence electrons. The van der Waals surface area contributed by atoms with E-state index in [0.29, 0.717) is 26.0 Å². The van der Waals surface area contributed by atoms with Crippen LogP contribution in [0.25, 0.3) is 0 Å². The average Bonchev–Trinajstić information content (AvgIpc) is 2.70. The number of ether oxygens (including phenoxy) is 1. The van der Waals surface area contributed by atoms with Gasteiger partial charge in [0.25, 0.3) is 5.91 Å². The summed E-state index contributed by atoms with van der Waals surface area (Å²) in [6.07, 6.45) is 11.5. The molecule has 2 fully saturated rings. The number of carbonyl (C=O) groups is 3. The molecule has 1 atom stereocenters. The fraction of sp³-hybridized carbons (Fsp3) is 0.864. The van der Waals surface area contributed by atoms with E-state index in [2.05, 4.69) is 0 Å². The summed E-state index contributed by atoms with van der Waals surface area (Å²) in [5.41, 5.74) is -0.691. The maximum atomic E-state index is 12.7. The quantitative estimate of drug-likeness (QED) is 0.359. The van der Waals surface area contributed by atoms with Crippen LogP contribution in [0.4, 0.5) is 0 Å². The molecule has 1 heterocycles. The number of ketones is 1. The molecular formula is C22H37NO4. The number of esters is 1. The number of nitrogens with zero attached hydrogens (tertiary/aromatic N) is 1. The van der Waals surface area contributed by atoms with Gasteiger partial charge in [0.05, 0.1) is 6.61 Å². The molecule has 0 radical (unpaired) electrons. The molecule has 2 rings (SSSR count). The van der Waals surface area contributed by atoms with Crippen LogP contribution in [0.5, 0.6) is 0 Å². The number of rotatable bonds is 8. The van der Waals surface area contributed by atoms with Crippen LogP contribution in [0, 0.1) is 11.3 Å². The van der Waals surface area contributed by atoms with Gasteiger partial charge in [-0.1, -0.05) is 52.9 Å². The van der Waals surface area contributed by atoms with Crippen molar-refractivity contribution in [2.75, 3.05) is 13.2 Å². The number of carbonyl (C=O) groups excluding carboxylic acids is 3. The Hall–Kier alpha value is -1.39. The number of amides is 1. The first-order valence-corrected chi connectivity index (χ1v) is 10.9. The largest absolute Gasteiger partial charge is 0.464 e. The van der Waals surface area contributed by atoms with Crippen LogP contribution in [0.2, 0.25) is 0 Å². The lowest BCUT2D eigenvalue weighted by Gasteiger charge is -2.35. The molecule has 0 aromatic heterocycles. The van der Waals surface area contributed by atoms with Gasteiger partial charge in [0.2, 0.25) is 5.78 Å². The summed E-state index contributed by atoms with van der Waals surface area (Å²) in [5.74, 6) is -0.486. The molecule has 1 saturated carbocycles. The second-order valence-corrected chi connectivity index (χ2v) is 8.89. The molecule has 5 nitrogen and oxygen atoms in total. The topological polar surface area (TPSA) is 63.7 Å². The molecule has 0 spiro atoms. The summed E-state index contributed by atoms with van der Waals surface area (Å²) in [7, 11) is 0. The monoisotopic (exact) mass is 379 g/mol. The lowest BCUT2D eigenvalue weighted by molar-refractivity contribution is -0.161. The Kier molecular flexibility index (Phi) is 8.30. The molecule has 0 aromatic carbocycles. The fourth-order valence-electron chi connectivity index (χ4n) is 4.12. The standard InChI is InChI=1S/C22H37NO4/c1-4-22(2,3)19(24)20(25)23-15-9-8-14-18(23)21(26)27-16-10-13-17-11-6-5-7-12-17/h17-18H,4-16H2,1-3H3/t18-/m0/s1. The Morgan fingerprint density at radius 3 is 2.33 bits per heavy atom. The van der Waals surface area contributed by atoms with E-state index < -0.39 is 23.1 Å². The summed E-state index contributed by atoms with van der Waals surface area (Å²) in [5, 5.41) is 0. The van der Waals surface area contributed by atoms with E-state index in [-0.39, 0.29) is 5.97 Å². The smallest absolute Gasteiger partial charge is 0.328 e. The third kappa shape index (κ3) is 6.05. The molecule has 27 heavy (non-hydrogen) atoms. The first-order valence-electron chi connectivity index (χ1n) is 10.9. The van der Waals surface area contributed by atoms with Crippen LogP contribution in [0.15, 0.2) is 0 Å². The van der Waals surface area contributed by atoms with Crippen LogP contribution in [0.1, 0.15) is 91.4 Å². The Labute approximate surface area is 164 Å². The van der Waals surface area contributed by atoms with Crippen molar-refractivity contribution in [2.45, 2.75) is 97.4 Å². The third-order valence-electron chi connectivity index (χ3n) is 6.45. The number of hydrogen-bond donors (Lipinski definition) is 0. The highest BCUT2D eigenvalue weighted by Crippen LogP contribution is 2.28. The number of hydrogen-bond acceptors (Lipinski definition) is 4. The van der Waals surface area contributed by atoms with Gasteiger partial charge in [0.15, 0.2) is 0 Å². The number of Topliss-reactive ketones (excluding diaryl/α,β-unsaturated/α-hetero) is 1. The van der Waals surface area contributed by atoms with Crippen LogP contribution < -0.4 is 0 Å². The van der Waals surface area contributed by atoms with Crippen molar-refractivity contribution in [1.82, 2.24) is 4.90 Å². The van der Waals surface area contributed by atoms with Gasteiger partial charge in [0, 0.05) is 12.0 Å². The fourth-order valence-corrected chi connectivity index (χ4v) is 4.12. The normalized spacial score (nSPS) is 21.7. The number of likely N-dealkylation sites (tertiary alicyclic amines) is 1. The summed E-state index contributed by atoms with van der Waals surface area (Å²) in [6.45, 7) is 6.36. The lowest BCUT2D eigenvalue weighted by atomic mass is 9.84. The second-order valence-electron chi connectivity index (χ2n) is 8.89. The van der Waals surface area contributed by atoms with Crippen LogP contribution >= 0.6 is 0 Å². The highest BCUT2D eigenvalue weighted by atomic mass is 16.5. The first-order chi connectivity index (χ1) is 12.9. The van der Waals surface area contributed by atoms with Crippen molar-refractivity contribution in [2.24, 2.45) is 11.3 Å². The molecule has 0 aromatic rings. The van der Waals surface area contributed by atoms with Gasteiger partial charge >= 0.3 is 5.97 Å². The molecule has 0 unspecified atom stereocenters. The van der Waals surface area contributed by atoms with Crippen molar-refractivity contribution in [1.29, 1.82) is 0 Å². The molecule has 1 aliphatic heterocycles. The Morgan fingerprint density at radius 1 is 1.00 bits per heavy atom. The predicted molar refractivity (Wildman–Crippen MR) is 105 cm³/mol. The molecule has 1 amide bonds. The average molecular weight is 380 g/mol. The first kappa shape index (κ1) is 21.9. The molecule has 1 aliphatic carbocycles. The maximum absolute atomic E-state index is 12.7. The summed E-state index contributed by atoms with van der Waals surface area (Å²) in [4.78, 5) is 39.3. The minimum Gasteiger partial charge on any atom is -0.464 e. The Balaban J connectivity index is 1.84. The molecule has 0 N–H and O–H groups in total. The third-order valence-corrected chi connectivity index (χ3v) is 6.45. The summed E-state index contributed by atoms with van der Waals surface area (Å²) in [6, 6.07) is -0.600. The van der Waals surface area contributed by atoms with E-state index >= 15 is 0 Å². The van der Waals surface area contributed by atoms with Crippen molar-refractivity contribution in [3.63, 3.8) is 0 Å². The van der Waals surface area contributed by atoms with Crippen molar-refractivity contribution in [3.8, 4) is 0 Å². The highest BCUT2D eigenvalue weighted by molar-refractivity contribution is 6.38. The maximum Gasteiger partial charge on any atom is 0.328 e. The van der Waals surface area contributed by atoms with Gasteiger partial charge in [0.1, 0.15) is 6.04 Å². The minimum atomic E-state index is -0.691. The molecular weight excluding hydrogens is 342 g/mol. The minimum absolute atomic E-state index is 0.339. The Bertz CT molecular complexity index is 522. The number of piperidine rings is 1. The van der Waals surface area contributed by atoms with E-state index in [9.17, 15) is 14.4 Å². The zero-order valence-electron chi connectivity index (χ0n) is 17.4. The van der Waals surface area contributed by atoms with Gasteiger partial charge in [-0.15, -0.1) is 0 Å². The van der Waals surface area contributed by atoms with E-state index in [0.717, 1.165) is 31.6 Å². The van der Waals surface area contributed by atoms with Gasteiger partial charge in [-0.3, -0.25) is 9.59 Å². The SMILES string of the molecule is CCC(C)(C)C(=O)C(=O)N1CCCC[C@H]1C(=O)OCCCC1CCCCC1. The van der Waals surface area contributed by atoms with E-state index in [4.69, 9.17) is 4.74 Å². The molecule has 2 aliphatic rings. The van der Waals surface area contributed by atoms with Crippen LogP contribution in [-0.2, 0) is 19.1 Å². The Morgan fingerprint density at radius 2 is 1.67 bits per heavy atom. The molecule has 1 saturated heterocycles. The van der Waals surface area contributed by atoms with Crippen LogP contribution in [0.3, 0.4) is 0 Å². The van der Waals surface area contributed by atoms with E-state index in [1.54, 1.807) is 13.8 Å². The van der Waals surface area contributed by atoms with Gasteiger partial charge in [-0.25, -0.2) is 4.79 Å².